The summed E-state index contributed by atoms with van der Waals surface area (Å²) in [5, 5.41) is 3.65. The van der Waals surface area contributed by atoms with Gasteiger partial charge >= 0.3 is 0 Å². The van der Waals surface area contributed by atoms with Crippen LogP contribution in [0.5, 0.6) is 0 Å². The van der Waals surface area contributed by atoms with Gasteiger partial charge in [0.15, 0.2) is 5.65 Å². The Hall–Kier alpha value is -1.79. The second-order valence-corrected chi connectivity index (χ2v) is 6.87. The first-order chi connectivity index (χ1) is 11.8. The Morgan fingerprint density at radius 2 is 1.88 bits per heavy atom. The molecule has 2 aromatic rings. The summed E-state index contributed by atoms with van der Waals surface area (Å²) in [4.78, 5) is 15.9. The summed E-state index contributed by atoms with van der Waals surface area (Å²) >= 11 is 0. The number of hydrogen-bond donors (Lipinski definition) is 1. The van der Waals surface area contributed by atoms with Crippen LogP contribution < -0.4 is 5.32 Å². The van der Waals surface area contributed by atoms with E-state index in [1.54, 1.807) is 12.4 Å². The van der Waals surface area contributed by atoms with Crippen molar-refractivity contribution in [3.63, 3.8) is 0 Å². The van der Waals surface area contributed by atoms with Crippen LogP contribution in [0.25, 0.3) is 11.2 Å². The number of hydrogen-bond acceptors (Lipinski definition) is 6. The molecule has 0 spiro atoms. The maximum atomic E-state index is 5.56. The van der Waals surface area contributed by atoms with Gasteiger partial charge in [0.05, 0.1) is 13.2 Å². The molecule has 0 aromatic carbocycles. The van der Waals surface area contributed by atoms with E-state index in [2.05, 4.69) is 32.1 Å². The summed E-state index contributed by atoms with van der Waals surface area (Å²) in [6.45, 7) is 6.05. The third-order valence-corrected chi connectivity index (χ3v) is 5.61. The van der Waals surface area contributed by atoms with Gasteiger partial charge in [-0.1, -0.05) is 12.8 Å². The number of aromatic nitrogens is 3. The highest BCUT2D eigenvalue weighted by Crippen LogP contribution is 2.39. The van der Waals surface area contributed by atoms with Gasteiger partial charge in [0.2, 0.25) is 0 Å². The average molecular weight is 327 g/mol. The van der Waals surface area contributed by atoms with Gasteiger partial charge in [-0.15, -0.1) is 0 Å². The quantitative estimate of drug-likeness (QED) is 0.931. The van der Waals surface area contributed by atoms with E-state index in [1.807, 2.05) is 12.1 Å². The molecular weight excluding hydrogens is 302 g/mol. The van der Waals surface area contributed by atoms with Gasteiger partial charge < -0.3 is 10.1 Å². The molecular formula is C18H25N5O. The lowest BCUT2D eigenvalue weighted by Gasteiger charge is -2.47. The van der Waals surface area contributed by atoms with E-state index < -0.39 is 0 Å². The van der Waals surface area contributed by atoms with Gasteiger partial charge in [-0.2, -0.15) is 0 Å². The highest BCUT2D eigenvalue weighted by atomic mass is 16.5. The average Bonchev–Trinajstić information content (AvgIpc) is 3.13. The van der Waals surface area contributed by atoms with Crippen LogP contribution in [-0.4, -0.2) is 57.7 Å². The molecule has 1 aliphatic carbocycles. The van der Waals surface area contributed by atoms with Crippen LogP contribution in [0.2, 0.25) is 0 Å². The smallest absolute Gasteiger partial charge is 0.180 e. The lowest BCUT2D eigenvalue weighted by molar-refractivity contribution is -0.0261. The Morgan fingerprint density at radius 3 is 2.67 bits per heavy atom. The molecule has 24 heavy (non-hydrogen) atoms. The molecule has 2 aromatic heterocycles. The van der Waals surface area contributed by atoms with Gasteiger partial charge in [0.1, 0.15) is 11.3 Å². The number of pyridine rings is 1. The SMILES string of the molecule is C[C@@H](Nc1ccc2nccnc2n1)C1(N2CCOCC2)CCCC1. The number of fused-ring (bicyclic) bond motifs is 1. The molecule has 1 saturated heterocycles. The van der Waals surface area contributed by atoms with Crippen molar-refractivity contribution in [1.29, 1.82) is 0 Å². The predicted molar refractivity (Wildman–Crippen MR) is 94.0 cm³/mol. The fourth-order valence-electron chi connectivity index (χ4n) is 4.31. The van der Waals surface area contributed by atoms with E-state index >= 15 is 0 Å². The first-order valence-electron chi connectivity index (χ1n) is 8.95. The zero-order valence-electron chi connectivity index (χ0n) is 14.2. The summed E-state index contributed by atoms with van der Waals surface area (Å²) in [5.41, 5.74) is 1.74. The van der Waals surface area contributed by atoms with Crippen molar-refractivity contribution >= 4 is 17.0 Å². The summed E-state index contributed by atoms with van der Waals surface area (Å²) in [6.07, 6.45) is 8.49. The topological polar surface area (TPSA) is 63.2 Å². The number of nitrogens with one attached hydrogen (secondary N) is 1. The van der Waals surface area contributed by atoms with Crippen LogP contribution in [0.3, 0.4) is 0 Å². The van der Waals surface area contributed by atoms with E-state index in [4.69, 9.17) is 4.74 Å². The number of ether oxygens (including phenoxy) is 1. The second kappa shape index (κ2) is 6.61. The summed E-state index contributed by atoms with van der Waals surface area (Å²) in [6, 6.07) is 4.33. The van der Waals surface area contributed by atoms with E-state index in [1.165, 1.54) is 25.7 Å². The van der Waals surface area contributed by atoms with Crippen LogP contribution in [0, 0.1) is 0 Å². The van der Waals surface area contributed by atoms with Crippen molar-refractivity contribution in [1.82, 2.24) is 19.9 Å². The van der Waals surface area contributed by atoms with Crippen LogP contribution >= 0.6 is 0 Å². The van der Waals surface area contributed by atoms with Crippen molar-refractivity contribution in [3.8, 4) is 0 Å². The zero-order valence-corrected chi connectivity index (χ0v) is 14.2. The van der Waals surface area contributed by atoms with Gasteiger partial charge in [-0.25, -0.2) is 9.97 Å². The molecule has 2 aliphatic rings. The lowest BCUT2D eigenvalue weighted by atomic mass is 9.86. The molecule has 128 valence electrons. The van der Waals surface area contributed by atoms with Crippen molar-refractivity contribution < 1.29 is 4.74 Å². The minimum atomic E-state index is 0.211. The van der Waals surface area contributed by atoms with Crippen molar-refractivity contribution in [2.45, 2.75) is 44.2 Å². The van der Waals surface area contributed by atoms with E-state index in [0.717, 1.165) is 37.6 Å². The van der Waals surface area contributed by atoms with Crippen LogP contribution in [0.15, 0.2) is 24.5 Å². The fourth-order valence-corrected chi connectivity index (χ4v) is 4.31. The molecule has 1 saturated carbocycles. The second-order valence-electron chi connectivity index (χ2n) is 6.87. The Morgan fingerprint density at radius 1 is 1.12 bits per heavy atom. The minimum Gasteiger partial charge on any atom is -0.379 e. The standard InChI is InChI=1S/C18H25N5O/c1-14(18(6-2-3-7-18)23-10-12-24-13-11-23)21-16-5-4-15-17(22-16)20-9-8-19-15/h4-5,8-9,14H,2-3,6-7,10-13H2,1H3,(H,20,21,22)/t14-/m1/s1. The molecule has 0 amide bonds. The first-order valence-corrected chi connectivity index (χ1v) is 8.95. The first kappa shape index (κ1) is 15.7. The van der Waals surface area contributed by atoms with Gasteiger partial charge in [0, 0.05) is 37.1 Å². The predicted octanol–water partition coefficient (Wildman–Crippen LogP) is 2.47. The summed E-state index contributed by atoms with van der Waals surface area (Å²) in [7, 11) is 0. The van der Waals surface area contributed by atoms with Crippen LogP contribution in [0.4, 0.5) is 5.82 Å². The van der Waals surface area contributed by atoms with Crippen molar-refractivity contribution in [2.75, 3.05) is 31.6 Å². The maximum Gasteiger partial charge on any atom is 0.180 e. The number of anilines is 1. The largest absolute Gasteiger partial charge is 0.379 e. The molecule has 6 heteroatoms. The van der Waals surface area contributed by atoms with E-state index in [0.29, 0.717) is 11.7 Å². The Bertz CT molecular complexity index is 695. The molecule has 2 fully saturated rings. The van der Waals surface area contributed by atoms with Crippen LogP contribution in [0.1, 0.15) is 32.6 Å². The monoisotopic (exact) mass is 327 g/mol. The normalized spacial score (nSPS) is 22.5. The van der Waals surface area contributed by atoms with Crippen molar-refractivity contribution in [2.24, 2.45) is 0 Å². The molecule has 0 radical (unpaired) electrons. The molecule has 0 bridgehead atoms. The molecule has 1 aliphatic heterocycles. The van der Waals surface area contributed by atoms with Crippen LogP contribution in [-0.2, 0) is 4.74 Å². The third-order valence-electron chi connectivity index (χ3n) is 5.61. The minimum absolute atomic E-state index is 0.211. The highest BCUT2D eigenvalue weighted by molar-refractivity contribution is 5.71. The van der Waals surface area contributed by atoms with Gasteiger partial charge in [-0.3, -0.25) is 9.88 Å². The Labute approximate surface area is 142 Å². The zero-order chi connectivity index (χ0) is 16.4. The Kier molecular flexibility index (Phi) is 4.33. The third kappa shape index (κ3) is 2.84. The Balaban J connectivity index is 1.56. The number of rotatable bonds is 4. The summed E-state index contributed by atoms with van der Waals surface area (Å²) < 4.78 is 5.56. The highest BCUT2D eigenvalue weighted by Gasteiger charge is 2.44. The van der Waals surface area contributed by atoms with E-state index in [9.17, 15) is 0 Å². The molecule has 1 N–H and O–H groups in total. The fraction of sp³-hybridized carbons (Fsp3) is 0.611. The number of nitrogens with zero attached hydrogens (tertiary/aromatic N) is 4. The maximum absolute atomic E-state index is 5.56. The molecule has 0 unspecified atom stereocenters. The molecule has 6 nitrogen and oxygen atoms in total. The van der Waals surface area contributed by atoms with Gasteiger partial charge in [-0.05, 0) is 31.9 Å². The van der Waals surface area contributed by atoms with Crippen molar-refractivity contribution in [3.05, 3.63) is 24.5 Å². The number of morpholine rings is 1. The summed E-state index contributed by atoms with van der Waals surface area (Å²) in [5.74, 6) is 0.884. The molecule has 3 heterocycles. The van der Waals surface area contributed by atoms with Gasteiger partial charge in [0.25, 0.3) is 0 Å². The van der Waals surface area contributed by atoms with E-state index in [-0.39, 0.29) is 5.54 Å². The lowest BCUT2D eigenvalue weighted by Crippen LogP contribution is -2.59. The molecule has 4 rings (SSSR count). The molecule has 1 atom stereocenters.